The highest BCUT2D eigenvalue weighted by Gasteiger charge is 2.44. The van der Waals surface area contributed by atoms with Crippen molar-refractivity contribution in [2.75, 3.05) is 6.61 Å². The molecule has 70 valence electrons. The molecule has 2 aliphatic rings. The average Bonchev–Trinajstić information content (AvgIpc) is 2.63. The molecule has 2 saturated carbocycles. The van der Waals surface area contributed by atoms with Gasteiger partial charge in [0.2, 0.25) is 0 Å². The van der Waals surface area contributed by atoms with Crippen LogP contribution in [-0.2, 0) is 4.84 Å². The minimum atomic E-state index is 0.518. The van der Waals surface area contributed by atoms with E-state index >= 15 is 0 Å². The molecule has 0 aromatic rings. The van der Waals surface area contributed by atoms with E-state index in [-0.39, 0.29) is 0 Å². The van der Waals surface area contributed by atoms with Gasteiger partial charge in [-0.25, -0.2) is 5.90 Å². The topological polar surface area (TPSA) is 35.2 Å². The fraction of sp³-hybridized carbons (Fsp3) is 1.00. The Hall–Kier alpha value is -0.0800. The van der Waals surface area contributed by atoms with E-state index in [1.807, 2.05) is 0 Å². The summed E-state index contributed by atoms with van der Waals surface area (Å²) in [5, 5.41) is 0. The van der Waals surface area contributed by atoms with Crippen molar-refractivity contribution in [2.45, 2.75) is 44.9 Å². The van der Waals surface area contributed by atoms with Gasteiger partial charge >= 0.3 is 0 Å². The third-order valence-electron chi connectivity index (χ3n) is 3.54. The van der Waals surface area contributed by atoms with Gasteiger partial charge in [-0.2, -0.15) is 0 Å². The minimum Gasteiger partial charge on any atom is -0.304 e. The summed E-state index contributed by atoms with van der Waals surface area (Å²) < 4.78 is 0. The molecule has 0 atom stereocenters. The van der Waals surface area contributed by atoms with Gasteiger partial charge in [0, 0.05) is 0 Å². The Labute approximate surface area is 74.4 Å². The zero-order valence-electron chi connectivity index (χ0n) is 7.72. The van der Waals surface area contributed by atoms with E-state index in [2.05, 4.69) is 0 Å². The van der Waals surface area contributed by atoms with Gasteiger partial charge in [0.15, 0.2) is 0 Å². The van der Waals surface area contributed by atoms with Gasteiger partial charge < -0.3 is 4.84 Å². The summed E-state index contributed by atoms with van der Waals surface area (Å²) in [6.07, 6.45) is 9.87. The van der Waals surface area contributed by atoms with Crippen LogP contribution in [0.5, 0.6) is 0 Å². The molecule has 2 N–H and O–H groups in total. The van der Waals surface area contributed by atoms with Crippen molar-refractivity contribution in [3.05, 3.63) is 0 Å². The maximum Gasteiger partial charge on any atom is 0.0735 e. The van der Waals surface area contributed by atoms with Crippen molar-refractivity contribution in [1.29, 1.82) is 0 Å². The van der Waals surface area contributed by atoms with Gasteiger partial charge in [0.1, 0.15) is 0 Å². The van der Waals surface area contributed by atoms with E-state index in [0.29, 0.717) is 5.41 Å². The number of hydrogen-bond donors (Lipinski definition) is 1. The minimum absolute atomic E-state index is 0.518. The number of rotatable bonds is 4. The quantitative estimate of drug-likeness (QED) is 0.655. The van der Waals surface area contributed by atoms with Crippen molar-refractivity contribution in [1.82, 2.24) is 0 Å². The number of hydrogen-bond acceptors (Lipinski definition) is 2. The highest BCUT2D eigenvalue weighted by Crippen LogP contribution is 2.52. The molecule has 0 saturated heterocycles. The van der Waals surface area contributed by atoms with E-state index < -0.39 is 0 Å². The Kier molecular flexibility index (Phi) is 2.37. The van der Waals surface area contributed by atoms with E-state index in [0.717, 1.165) is 12.5 Å². The van der Waals surface area contributed by atoms with Crippen LogP contribution in [0, 0.1) is 11.3 Å². The highest BCUT2D eigenvalue weighted by atomic mass is 16.6. The van der Waals surface area contributed by atoms with Gasteiger partial charge in [0.25, 0.3) is 0 Å². The molecule has 2 nitrogen and oxygen atoms in total. The zero-order valence-corrected chi connectivity index (χ0v) is 7.72. The predicted molar refractivity (Wildman–Crippen MR) is 48.4 cm³/mol. The van der Waals surface area contributed by atoms with Crippen molar-refractivity contribution in [3.63, 3.8) is 0 Å². The van der Waals surface area contributed by atoms with Crippen molar-refractivity contribution < 1.29 is 4.84 Å². The first-order valence-electron chi connectivity index (χ1n) is 5.16. The Bertz CT molecular complexity index is 148. The van der Waals surface area contributed by atoms with Gasteiger partial charge in [-0.3, -0.25) is 0 Å². The van der Waals surface area contributed by atoms with Crippen molar-refractivity contribution >= 4 is 0 Å². The molecule has 2 aliphatic carbocycles. The number of nitrogens with two attached hydrogens (primary N) is 1. The van der Waals surface area contributed by atoms with Gasteiger partial charge in [0.05, 0.1) is 6.61 Å². The van der Waals surface area contributed by atoms with E-state index in [1.165, 1.54) is 44.9 Å². The predicted octanol–water partition coefficient (Wildman–Crippen LogP) is 2.24. The molecule has 0 aromatic heterocycles. The van der Waals surface area contributed by atoms with Crippen LogP contribution in [0.2, 0.25) is 0 Å². The Balaban J connectivity index is 1.77. The summed E-state index contributed by atoms with van der Waals surface area (Å²) in [4.78, 5) is 4.78. The monoisotopic (exact) mass is 169 g/mol. The van der Waals surface area contributed by atoms with Crippen molar-refractivity contribution in [2.24, 2.45) is 17.2 Å². The summed E-state index contributed by atoms with van der Waals surface area (Å²) >= 11 is 0. The van der Waals surface area contributed by atoms with Gasteiger partial charge in [-0.1, -0.05) is 25.7 Å². The molecule has 2 heteroatoms. The fourth-order valence-corrected chi connectivity index (χ4v) is 2.59. The van der Waals surface area contributed by atoms with Crippen LogP contribution in [0.25, 0.3) is 0 Å². The SMILES string of the molecule is NOCC1(CC2CCCC2)CC1. The third-order valence-corrected chi connectivity index (χ3v) is 3.54. The highest BCUT2D eigenvalue weighted by molar-refractivity contribution is 4.94. The third kappa shape index (κ3) is 1.80. The first-order chi connectivity index (χ1) is 5.85. The molecule has 0 spiro atoms. The first kappa shape index (κ1) is 8.52. The molecular weight excluding hydrogens is 150 g/mol. The first-order valence-corrected chi connectivity index (χ1v) is 5.16. The van der Waals surface area contributed by atoms with Crippen LogP contribution < -0.4 is 5.90 Å². The van der Waals surface area contributed by atoms with Crippen LogP contribution in [0.3, 0.4) is 0 Å². The van der Waals surface area contributed by atoms with Crippen LogP contribution in [0.4, 0.5) is 0 Å². The van der Waals surface area contributed by atoms with E-state index in [9.17, 15) is 0 Å². The summed E-state index contributed by atoms with van der Waals surface area (Å²) in [5.41, 5.74) is 0.518. The van der Waals surface area contributed by atoms with Crippen LogP contribution in [0.15, 0.2) is 0 Å². The molecule has 0 amide bonds. The van der Waals surface area contributed by atoms with E-state index in [4.69, 9.17) is 10.7 Å². The molecular formula is C10H19NO. The molecule has 0 aromatic carbocycles. The zero-order chi connectivity index (χ0) is 8.44. The van der Waals surface area contributed by atoms with Crippen molar-refractivity contribution in [3.8, 4) is 0 Å². The van der Waals surface area contributed by atoms with E-state index in [1.54, 1.807) is 0 Å². The summed E-state index contributed by atoms with van der Waals surface area (Å²) in [6, 6.07) is 0. The summed E-state index contributed by atoms with van der Waals surface area (Å²) in [6.45, 7) is 0.795. The second-order valence-electron chi connectivity index (χ2n) is 4.67. The lowest BCUT2D eigenvalue weighted by molar-refractivity contribution is 0.0808. The lowest BCUT2D eigenvalue weighted by Gasteiger charge is -2.17. The maximum atomic E-state index is 5.13. The second kappa shape index (κ2) is 3.35. The van der Waals surface area contributed by atoms with Gasteiger partial charge in [-0.15, -0.1) is 0 Å². The lowest BCUT2D eigenvalue weighted by atomic mass is 9.91. The Morgan fingerprint density at radius 1 is 1.25 bits per heavy atom. The second-order valence-corrected chi connectivity index (χ2v) is 4.67. The average molecular weight is 169 g/mol. The Morgan fingerprint density at radius 3 is 2.42 bits per heavy atom. The molecule has 2 rings (SSSR count). The largest absolute Gasteiger partial charge is 0.304 e. The molecule has 0 bridgehead atoms. The summed E-state index contributed by atoms with van der Waals surface area (Å²) in [7, 11) is 0. The Morgan fingerprint density at radius 2 is 1.92 bits per heavy atom. The van der Waals surface area contributed by atoms with Crippen LogP contribution >= 0.6 is 0 Å². The fourth-order valence-electron chi connectivity index (χ4n) is 2.59. The maximum absolute atomic E-state index is 5.13. The van der Waals surface area contributed by atoms with Crippen LogP contribution in [-0.4, -0.2) is 6.61 Å². The van der Waals surface area contributed by atoms with Crippen LogP contribution in [0.1, 0.15) is 44.9 Å². The van der Waals surface area contributed by atoms with Gasteiger partial charge in [-0.05, 0) is 30.6 Å². The normalized spacial score (nSPS) is 27.8. The molecule has 2 fully saturated rings. The standard InChI is InChI=1S/C10H19NO/c11-12-8-10(5-6-10)7-9-3-1-2-4-9/h9H,1-8,11H2. The summed E-state index contributed by atoms with van der Waals surface area (Å²) in [5.74, 6) is 6.12. The molecule has 0 unspecified atom stereocenters. The molecule has 0 heterocycles. The smallest absolute Gasteiger partial charge is 0.0735 e. The molecule has 12 heavy (non-hydrogen) atoms. The lowest BCUT2D eigenvalue weighted by Crippen LogP contribution is -2.16. The molecule has 0 aliphatic heterocycles. The molecule has 0 radical (unpaired) electrons.